The fraction of sp³-hybridized carbons (Fsp3) is 0.353. The fourth-order valence-electron chi connectivity index (χ4n) is 2.90. The van der Waals surface area contributed by atoms with E-state index in [0.29, 0.717) is 0 Å². The minimum Gasteiger partial charge on any atom is -0.373 e. The Morgan fingerprint density at radius 2 is 1.75 bits per heavy atom. The van der Waals surface area contributed by atoms with Crippen molar-refractivity contribution >= 4 is 5.82 Å². The molecule has 20 heavy (non-hydrogen) atoms. The van der Waals surface area contributed by atoms with Crippen LogP contribution in [0.25, 0.3) is 0 Å². The number of fused-ring (bicyclic) bond motifs is 1. The van der Waals surface area contributed by atoms with Crippen molar-refractivity contribution in [1.82, 2.24) is 9.88 Å². The maximum Gasteiger partial charge on any atom is 0.130 e. The standard InChI is InChI=1S/C17H21N3/c1-18-17-16(7-4-10-19-17)13-20-11-8-14-5-2-3-6-15(14)9-12-20/h2-7,10H,8-9,11-13H2,1H3,(H,18,19). The van der Waals surface area contributed by atoms with E-state index in [-0.39, 0.29) is 0 Å². The fourth-order valence-corrected chi connectivity index (χ4v) is 2.90. The van der Waals surface area contributed by atoms with E-state index in [0.717, 1.165) is 38.3 Å². The van der Waals surface area contributed by atoms with Crippen molar-refractivity contribution in [1.29, 1.82) is 0 Å². The van der Waals surface area contributed by atoms with E-state index in [2.05, 4.69) is 45.5 Å². The summed E-state index contributed by atoms with van der Waals surface area (Å²) in [4.78, 5) is 6.91. The highest BCUT2D eigenvalue weighted by Gasteiger charge is 2.14. The Bertz CT molecular complexity index is 553. The summed E-state index contributed by atoms with van der Waals surface area (Å²) >= 11 is 0. The third-order valence-electron chi connectivity index (χ3n) is 4.04. The van der Waals surface area contributed by atoms with E-state index in [1.54, 1.807) is 0 Å². The van der Waals surface area contributed by atoms with Crippen LogP contribution in [0.1, 0.15) is 16.7 Å². The summed E-state index contributed by atoms with van der Waals surface area (Å²) in [5.41, 5.74) is 4.30. The zero-order chi connectivity index (χ0) is 13.8. The monoisotopic (exact) mass is 267 g/mol. The molecule has 0 unspecified atom stereocenters. The molecule has 2 heterocycles. The van der Waals surface area contributed by atoms with E-state index in [1.165, 1.54) is 16.7 Å². The number of hydrogen-bond acceptors (Lipinski definition) is 3. The van der Waals surface area contributed by atoms with Gasteiger partial charge in [0.1, 0.15) is 5.82 Å². The topological polar surface area (TPSA) is 28.2 Å². The SMILES string of the molecule is CNc1ncccc1CN1CCc2ccccc2CC1. The van der Waals surface area contributed by atoms with Crippen LogP contribution in [0.2, 0.25) is 0 Å². The molecule has 3 rings (SSSR count). The lowest BCUT2D eigenvalue weighted by Crippen LogP contribution is -2.26. The summed E-state index contributed by atoms with van der Waals surface area (Å²) in [6.07, 6.45) is 4.13. The van der Waals surface area contributed by atoms with E-state index < -0.39 is 0 Å². The van der Waals surface area contributed by atoms with Crippen molar-refractivity contribution < 1.29 is 0 Å². The molecule has 0 fully saturated rings. The van der Waals surface area contributed by atoms with Gasteiger partial charge in [0.05, 0.1) is 0 Å². The zero-order valence-electron chi connectivity index (χ0n) is 12.0. The van der Waals surface area contributed by atoms with Gasteiger partial charge < -0.3 is 5.32 Å². The first kappa shape index (κ1) is 13.1. The molecule has 0 radical (unpaired) electrons. The van der Waals surface area contributed by atoms with Gasteiger partial charge >= 0.3 is 0 Å². The molecule has 104 valence electrons. The van der Waals surface area contributed by atoms with Crippen molar-refractivity contribution in [2.24, 2.45) is 0 Å². The van der Waals surface area contributed by atoms with Gasteiger partial charge in [-0.3, -0.25) is 4.90 Å². The second-order valence-electron chi connectivity index (χ2n) is 5.31. The number of benzene rings is 1. The second kappa shape index (κ2) is 6.06. The van der Waals surface area contributed by atoms with Crippen molar-refractivity contribution in [3.63, 3.8) is 0 Å². The molecule has 0 atom stereocenters. The molecule has 0 saturated carbocycles. The maximum atomic E-state index is 4.39. The predicted molar refractivity (Wildman–Crippen MR) is 82.9 cm³/mol. The van der Waals surface area contributed by atoms with Gasteiger partial charge in [0, 0.05) is 38.4 Å². The van der Waals surface area contributed by atoms with Gasteiger partial charge in [0.15, 0.2) is 0 Å². The number of rotatable bonds is 3. The number of hydrogen-bond donors (Lipinski definition) is 1. The Morgan fingerprint density at radius 3 is 2.40 bits per heavy atom. The molecule has 1 aliphatic rings. The van der Waals surface area contributed by atoms with Gasteiger partial charge in [-0.15, -0.1) is 0 Å². The Kier molecular flexibility index (Phi) is 3.97. The number of nitrogens with zero attached hydrogens (tertiary/aromatic N) is 2. The van der Waals surface area contributed by atoms with E-state index in [1.807, 2.05) is 19.3 Å². The molecule has 0 saturated heterocycles. The smallest absolute Gasteiger partial charge is 0.130 e. The number of anilines is 1. The summed E-state index contributed by atoms with van der Waals surface area (Å²) < 4.78 is 0. The normalized spacial score (nSPS) is 15.4. The number of nitrogens with one attached hydrogen (secondary N) is 1. The third-order valence-corrected chi connectivity index (χ3v) is 4.04. The highest BCUT2D eigenvalue weighted by molar-refractivity contribution is 5.42. The largest absolute Gasteiger partial charge is 0.373 e. The summed E-state index contributed by atoms with van der Waals surface area (Å²) in [7, 11) is 1.93. The van der Waals surface area contributed by atoms with Crippen LogP contribution in [-0.2, 0) is 19.4 Å². The Labute approximate surface area is 120 Å². The summed E-state index contributed by atoms with van der Waals surface area (Å²) in [5.74, 6) is 0.995. The maximum absolute atomic E-state index is 4.39. The van der Waals surface area contributed by atoms with Crippen molar-refractivity contribution in [3.8, 4) is 0 Å². The first-order chi connectivity index (χ1) is 9.86. The summed E-state index contributed by atoms with van der Waals surface area (Å²) in [5, 5.41) is 3.18. The van der Waals surface area contributed by atoms with E-state index in [9.17, 15) is 0 Å². The molecule has 1 N–H and O–H groups in total. The molecular formula is C17H21N3. The first-order valence-electron chi connectivity index (χ1n) is 7.27. The Morgan fingerprint density at radius 1 is 1.05 bits per heavy atom. The van der Waals surface area contributed by atoms with Gasteiger partial charge in [-0.2, -0.15) is 0 Å². The molecule has 3 heteroatoms. The van der Waals surface area contributed by atoms with E-state index >= 15 is 0 Å². The molecule has 1 aromatic carbocycles. The van der Waals surface area contributed by atoms with Crippen LogP contribution >= 0.6 is 0 Å². The van der Waals surface area contributed by atoms with Gasteiger partial charge in [0.25, 0.3) is 0 Å². The Hall–Kier alpha value is -1.87. The molecule has 0 aliphatic carbocycles. The van der Waals surface area contributed by atoms with Gasteiger partial charge in [-0.1, -0.05) is 30.3 Å². The van der Waals surface area contributed by atoms with E-state index in [4.69, 9.17) is 0 Å². The molecule has 3 nitrogen and oxygen atoms in total. The lowest BCUT2D eigenvalue weighted by Gasteiger charge is -2.20. The minimum absolute atomic E-state index is 0.970. The zero-order valence-corrected chi connectivity index (χ0v) is 12.0. The van der Waals surface area contributed by atoms with Crippen LogP contribution in [0.3, 0.4) is 0 Å². The van der Waals surface area contributed by atoms with Crippen LogP contribution in [0, 0.1) is 0 Å². The van der Waals surface area contributed by atoms with Gasteiger partial charge in [-0.25, -0.2) is 4.98 Å². The van der Waals surface area contributed by atoms with Crippen LogP contribution in [0.5, 0.6) is 0 Å². The quantitative estimate of drug-likeness (QED) is 0.927. The van der Waals surface area contributed by atoms with Crippen LogP contribution in [0.4, 0.5) is 5.82 Å². The number of pyridine rings is 1. The molecule has 0 bridgehead atoms. The average Bonchev–Trinajstić information content (AvgIpc) is 2.71. The van der Waals surface area contributed by atoms with Gasteiger partial charge in [-0.05, 0) is 30.0 Å². The predicted octanol–water partition coefficient (Wildman–Crippen LogP) is 2.72. The molecule has 2 aromatic rings. The van der Waals surface area contributed by atoms with Crippen LogP contribution < -0.4 is 5.32 Å². The van der Waals surface area contributed by atoms with Gasteiger partial charge in [0.2, 0.25) is 0 Å². The lowest BCUT2D eigenvalue weighted by atomic mass is 10.0. The van der Waals surface area contributed by atoms with Crippen molar-refractivity contribution in [2.45, 2.75) is 19.4 Å². The van der Waals surface area contributed by atoms with Crippen LogP contribution in [0.15, 0.2) is 42.6 Å². The highest BCUT2D eigenvalue weighted by Crippen LogP contribution is 2.19. The minimum atomic E-state index is 0.970. The molecule has 0 spiro atoms. The molecule has 1 aliphatic heterocycles. The summed E-state index contributed by atoms with van der Waals surface area (Å²) in [6.45, 7) is 3.21. The Balaban J connectivity index is 1.71. The third kappa shape index (κ3) is 2.83. The van der Waals surface area contributed by atoms with Crippen molar-refractivity contribution in [2.75, 3.05) is 25.5 Å². The lowest BCUT2D eigenvalue weighted by molar-refractivity contribution is 0.279. The molecular weight excluding hydrogens is 246 g/mol. The molecule has 1 aromatic heterocycles. The van der Waals surface area contributed by atoms with Crippen LogP contribution in [-0.4, -0.2) is 30.0 Å². The number of aromatic nitrogens is 1. The second-order valence-corrected chi connectivity index (χ2v) is 5.31. The first-order valence-corrected chi connectivity index (χ1v) is 7.27. The highest BCUT2D eigenvalue weighted by atomic mass is 15.1. The average molecular weight is 267 g/mol. The molecule has 0 amide bonds. The summed E-state index contributed by atoms with van der Waals surface area (Å²) in [6, 6.07) is 13.0. The van der Waals surface area contributed by atoms with Crippen molar-refractivity contribution in [3.05, 3.63) is 59.3 Å².